The second-order valence-corrected chi connectivity index (χ2v) is 8.87. The van der Waals surface area contributed by atoms with Gasteiger partial charge in [0.1, 0.15) is 0 Å². The van der Waals surface area contributed by atoms with Crippen molar-refractivity contribution in [2.75, 3.05) is 31.8 Å². The van der Waals surface area contributed by atoms with Crippen LogP contribution in [0, 0.1) is 5.41 Å². The second-order valence-electron chi connectivity index (χ2n) is 6.93. The van der Waals surface area contributed by atoms with Gasteiger partial charge in [0.05, 0.1) is 30.4 Å². The Hall–Kier alpha value is -0.990. The molecule has 1 aliphatic rings. The summed E-state index contributed by atoms with van der Waals surface area (Å²) < 4.78 is 10.5. The van der Waals surface area contributed by atoms with Crippen LogP contribution in [0.4, 0.5) is 0 Å². The Bertz CT molecular complexity index is 735. The smallest absolute Gasteiger partial charge is 0.325 e. The molecule has 0 spiro atoms. The van der Waals surface area contributed by atoms with Crippen molar-refractivity contribution in [2.24, 2.45) is 5.41 Å². The van der Waals surface area contributed by atoms with Crippen LogP contribution >= 0.6 is 35.0 Å². The third-order valence-corrected chi connectivity index (χ3v) is 7.06. The molecule has 0 saturated carbocycles. The lowest BCUT2D eigenvalue weighted by atomic mass is 9.62. The molecule has 0 amide bonds. The number of hydrogen-bond acceptors (Lipinski definition) is 7. The summed E-state index contributed by atoms with van der Waals surface area (Å²) in [4.78, 5) is 26.6. The molecule has 1 heterocycles. The zero-order chi connectivity index (χ0) is 21.6. The van der Waals surface area contributed by atoms with Gasteiger partial charge in [-0.3, -0.25) is 9.59 Å². The number of aliphatic hydroxyl groups is 1. The molecule has 2 rings (SSSR count). The molecule has 4 unspecified atom stereocenters. The van der Waals surface area contributed by atoms with Gasteiger partial charge < -0.3 is 19.9 Å². The van der Waals surface area contributed by atoms with Gasteiger partial charge in [-0.15, -0.1) is 0 Å². The van der Waals surface area contributed by atoms with Crippen LogP contribution in [0.1, 0.15) is 31.7 Å². The van der Waals surface area contributed by atoms with Crippen molar-refractivity contribution >= 4 is 46.9 Å². The zero-order valence-electron chi connectivity index (χ0n) is 16.7. The van der Waals surface area contributed by atoms with Gasteiger partial charge in [0, 0.05) is 29.5 Å². The molecule has 1 aliphatic heterocycles. The van der Waals surface area contributed by atoms with Crippen LogP contribution < -0.4 is 5.32 Å². The average molecular weight is 464 g/mol. The number of ether oxygens (including phenoxy) is 2. The molecule has 2 N–H and O–H groups in total. The topological polar surface area (TPSA) is 84.9 Å². The van der Waals surface area contributed by atoms with Crippen molar-refractivity contribution < 1.29 is 24.2 Å². The number of benzene rings is 1. The van der Waals surface area contributed by atoms with Crippen LogP contribution in [0.15, 0.2) is 18.2 Å². The highest BCUT2D eigenvalue weighted by Crippen LogP contribution is 2.50. The van der Waals surface area contributed by atoms with Crippen molar-refractivity contribution in [2.45, 2.75) is 38.3 Å². The minimum absolute atomic E-state index is 0.00111. The molecule has 0 aliphatic carbocycles. The lowest BCUT2D eigenvalue weighted by molar-refractivity contribution is -0.177. The largest absolute Gasteiger partial charge is 0.468 e. The number of carbonyl (C=O) groups excluding carboxylic acids is 2. The van der Waals surface area contributed by atoms with Crippen LogP contribution in [0.3, 0.4) is 0 Å². The maximum absolute atomic E-state index is 13.4. The first-order valence-corrected chi connectivity index (χ1v) is 11.4. The third-order valence-electron chi connectivity index (χ3n) is 5.19. The Morgan fingerprint density at radius 2 is 2.07 bits per heavy atom. The van der Waals surface area contributed by atoms with E-state index in [0.29, 0.717) is 33.5 Å². The first-order valence-electron chi connectivity index (χ1n) is 9.48. The fourth-order valence-electron chi connectivity index (χ4n) is 4.00. The first-order chi connectivity index (χ1) is 13.8. The summed E-state index contributed by atoms with van der Waals surface area (Å²) in [5, 5.41) is 13.2. The summed E-state index contributed by atoms with van der Waals surface area (Å²) in [5.74, 6) is -1.02. The van der Waals surface area contributed by atoms with E-state index in [9.17, 15) is 9.59 Å². The van der Waals surface area contributed by atoms with Crippen LogP contribution in [0.25, 0.3) is 0 Å². The van der Waals surface area contributed by atoms with Crippen molar-refractivity contribution in [3.8, 4) is 0 Å². The summed E-state index contributed by atoms with van der Waals surface area (Å²) >= 11 is 14.2. The number of esters is 2. The number of carbonyl (C=O) groups is 2. The van der Waals surface area contributed by atoms with E-state index in [2.05, 4.69) is 5.32 Å². The molecular formula is C20H27Cl2NO5S. The van der Waals surface area contributed by atoms with E-state index in [1.165, 1.54) is 18.9 Å². The van der Waals surface area contributed by atoms with Gasteiger partial charge in [0.15, 0.2) is 5.41 Å². The average Bonchev–Trinajstić information content (AvgIpc) is 2.69. The molecule has 162 valence electrons. The summed E-state index contributed by atoms with van der Waals surface area (Å²) in [6.45, 7) is 3.81. The van der Waals surface area contributed by atoms with Gasteiger partial charge in [-0.1, -0.05) is 35.3 Å². The van der Waals surface area contributed by atoms with E-state index in [-0.39, 0.29) is 19.3 Å². The normalized spacial score (nSPS) is 26.8. The Balaban J connectivity index is 2.69. The molecule has 6 nitrogen and oxygen atoms in total. The van der Waals surface area contributed by atoms with E-state index >= 15 is 0 Å². The van der Waals surface area contributed by atoms with E-state index in [0.717, 1.165) is 0 Å². The number of piperidine rings is 1. The van der Waals surface area contributed by atoms with Crippen molar-refractivity contribution in [3.63, 3.8) is 0 Å². The Labute approximate surface area is 185 Å². The molecule has 1 aromatic carbocycles. The predicted molar refractivity (Wildman–Crippen MR) is 116 cm³/mol. The highest BCUT2D eigenvalue weighted by Gasteiger charge is 2.62. The number of hydrogen-bond donors (Lipinski definition) is 2. The van der Waals surface area contributed by atoms with Gasteiger partial charge >= 0.3 is 11.9 Å². The molecule has 0 radical (unpaired) electrons. The predicted octanol–water partition coefficient (Wildman–Crippen LogP) is 3.28. The molecule has 0 aromatic heterocycles. The van der Waals surface area contributed by atoms with Gasteiger partial charge in [-0.25, -0.2) is 0 Å². The Morgan fingerprint density at radius 1 is 1.34 bits per heavy atom. The molecule has 9 heteroatoms. The van der Waals surface area contributed by atoms with E-state index < -0.39 is 29.3 Å². The van der Waals surface area contributed by atoms with Gasteiger partial charge in [-0.2, -0.15) is 11.8 Å². The summed E-state index contributed by atoms with van der Waals surface area (Å²) in [5.41, 5.74) is -1.02. The van der Waals surface area contributed by atoms with Gasteiger partial charge in [0.25, 0.3) is 0 Å². The van der Waals surface area contributed by atoms with E-state index in [1.807, 2.05) is 6.92 Å². The van der Waals surface area contributed by atoms with Crippen molar-refractivity contribution in [1.29, 1.82) is 0 Å². The monoisotopic (exact) mass is 463 g/mol. The van der Waals surface area contributed by atoms with Crippen LogP contribution in [-0.2, 0) is 19.1 Å². The fraction of sp³-hybridized carbons (Fsp3) is 0.600. The highest BCUT2D eigenvalue weighted by atomic mass is 35.5. The maximum Gasteiger partial charge on any atom is 0.325 e. The molecule has 1 aromatic rings. The molecule has 4 atom stereocenters. The molecule has 1 fully saturated rings. The minimum Gasteiger partial charge on any atom is -0.468 e. The molecule has 0 bridgehead atoms. The molecular weight excluding hydrogens is 437 g/mol. The van der Waals surface area contributed by atoms with Crippen molar-refractivity contribution in [1.82, 2.24) is 5.32 Å². The first kappa shape index (κ1) is 24.3. The van der Waals surface area contributed by atoms with E-state index in [4.69, 9.17) is 37.8 Å². The van der Waals surface area contributed by atoms with E-state index in [1.54, 1.807) is 25.1 Å². The van der Waals surface area contributed by atoms with Crippen molar-refractivity contribution in [3.05, 3.63) is 33.8 Å². The van der Waals surface area contributed by atoms with Crippen LogP contribution in [0.5, 0.6) is 0 Å². The number of aliphatic hydroxyl groups excluding tert-OH is 1. The number of rotatable bonds is 8. The highest BCUT2D eigenvalue weighted by molar-refractivity contribution is 7.99. The standard InChI is InChI=1S/C20H27Cl2NO5S/c1-4-28-19(26)20(18(25)27-3)14(13-6-5-7-15(21)17(13)22)10-12(2)23-16(20)11-29-9-8-24/h5-7,12,14,16,23-24H,4,8-11H2,1-3H3. The number of thioether (sulfide) groups is 1. The number of nitrogens with one attached hydrogen (secondary N) is 1. The minimum atomic E-state index is -1.63. The fourth-order valence-corrected chi connectivity index (χ4v) is 5.33. The lowest BCUT2D eigenvalue weighted by Crippen LogP contribution is -2.65. The Morgan fingerprint density at radius 3 is 2.69 bits per heavy atom. The molecule has 29 heavy (non-hydrogen) atoms. The van der Waals surface area contributed by atoms with Crippen LogP contribution in [-0.4, -0.2) is 61.0 Å². The second kappa shape index (κ2) is 10.9. The summed E-state index contributed by atoms with van der Waals surface area (Å²) in [6.07, 6.45) is 0.467. The summed E-state index contributed by atoms with van der Waals surface area (Å²) in [6, 6.07) is 4.62. The zero-order valence-corrected chi connectivity index (χ0v) is 19.1. The summed E-state index contributed by atoms with van der Waals surface area (Å²) in [7, 11) is 1.26. The van der Waals surface area contributed by atoms with Gasteiger partial charge in [0.2, 0.25) is 0 Å². The lowest BCUT2D eigenvalue weighted by Gasteiger charge is -2.48. The number of halogens is 2. The quantitative estimate of drug-likeness (QED) is 0.347. The Kier molecular flexibility index (Phi) is 9.10. The van der Waals surface area contributed by atoms with Gasteiger partial charge in [-0.05, 0) is 31.9 Å². The maximum atomic E-state index is 13.4. The SMILES string of the molecule is CCOC(=O)C1(C(=O)OC)C(CSCCO)NC(C)CC1c1cccc(Cl)c1Cl. The molecule has 1 saturated heterocycles. The van der Waals surface area contributed by atoms with Crippen LogP contribution in [0.2, 0.25) is 10.0 Å². The third kappa shape index (κ3) is 4.85. The number of methoxy groups -OCH3 is 1.